The third-order valence-corrected chi connectivity index (χ3v) is 3.84. The molecule has 0 spiro atoms. The second-order valence-corrected chi connectivity index (χ2v) is 5.32. The number of carbonyl (C=O) groups excluding carboxylic acids is 1. The van der Waals surface area contributed by atoms with E-state index >= 15 is 0 Å². The lowest BCUT2D eigenvalue weighted by molar-refractivity contribution is 0.0689. The highest BCUT2D eigenvalue weighted by Crippen LogP contribution is 2.14. The van der Waals surface area contributed by atoms with Crippen LogP contribution in [0.3, 0.4) is 0 Å². The molecule has 120 valence electrons. The molecule has 0 aliphatic carbocycles. The highest BCUT2D eigenvalue weighted by molar-refractivity contribution is 5.86. The van der Waals surface area contributed by atoms with E-state index in [1.54, 1.807) is 9.47 Å². The fourth-order valence-electron chi connectivity index (χ4n) is 2.62. The number of amides is 1. The molecule has 0 atom stereocenters. The maximum absolute atomic E-state index is 12.2. The van der Waals surface area contributed by atoms with Crippen LogP contribution in [0.15, 0.2) is 36.7 Å². The highest BCUT2D eigenvalue weighted by atomic mass is 16.6. The van der Waals surface area contributed by atoms with Crippen LogP contribution in [-0.4, -0.2) is 44.7 Å². The fourth-order valence-corrected chi connectivity index (χ4v) is 2.62. The number of fused-ring (bicyclic) bond motifs is 1. The number of nitrogens with zero attached hydrogens (tertiary/aromatic N) is 3. The zero-order valence-electron chi connectivity index (χ0n) is 12.5. The molecule has 0 saturated carbocycles. The van der Waals surface area contributed by atoms with Crippen LogP contribution >= 0.6 is 0 Å². The van der Waals surface area contributed by atoms with Gasteiger partial charge in [-0.05, 0) is 5.56 Å². The molecule has 0 bridgehead atoms. The highest BCUT2D eigenvalue weighted by Gasteiger charge is 2.24. The Morgan fingerprint density at radius 2 is 1.96 bits per heavy atom. The van der Waals surface area contributed by atoms with Gasteiger partial charge in [-0.3, -0.25) is 0 Å². The summed E-state index contributed by atoms with van der Waals surface area (Å²) in [7, 11) is 0. The van der Waals surface area contributed by atoms with Gasteiger partial charge in [0.15, 0.2) is 5.69 Å². The lowest BCUT2D eigenvalue weighted by Gasteiger charge is -2.19. The molecule has 1 aromatic heterocycles. The summed E-state index contributed by atoms with van der Waals surface area (Å²) in [6.07, 6.45) is 1.57. The van der Waals surface area contributed by atoms with Crippen molar-refractivity contribution in [2.45, 2.75) is 19.6 Å². The molecule has 2 heterocycles. The maximum Gasteiger partial charge on any atom is 0.410 e. The summed E-state index contributed by atoms with van der Waals surface area (Å²) < 4.78 is 7.11. The third-order valence-electron chi connectivity index (χ3n) is 3.84. The Balaban J connectivity index is 1.60. The number of ether oxygens (including phenoxy) is 1. The fraction of sp³-hybridized carbons (Fsp3) is 0.312. The lowest BCUT2D eigenvalue weighted by atomic mass is 10.2. The number of hydrogen-bond donors (Lipinski definition) is 1. The number of carboxylic acids is 1. The summed E-state index contributed by atoms with van der Waals surface area (Å²) in [6, 6.07) is 9.48. The molecule has 23 heavy (non-hydrogen) atoms. The van der Waals surface area contributed by atoms with Crippen molar-refractivity contribution in [1.82, 2.24) is 14.5 Å². The number of carboxylic acid groups (broad SMARTS) is 1. The Labute approximate surface area is 133 Å². The molecule has 2 aromatic rings. The van der Waals surface area contributed by atoms with Gasteiger partial charge < -0.3 is 19.3 Å². The largest absolute Gasteiger partial charge is 0.476 e. The molecular formula is C16H17N3O4. The van der Waals surface area contributed by atoms with Crippen molar-refractivity contribution in [3.8, 4) is 0 Å². The van der Waals surface area contributed by atoms with Crippen molar-refractivity contribution in [2.24, 2.45) is 0 Å². The van der Waals surface area contributed by atoms with Crippen molar-refractivity contribution < 1.29 is 19.4 Å². The van der Waals surface area contributed by atoms with Gasteiger partial charge in [0.25, 0.3) is 0 Å². The molecule has 1 amide bonds. The summed E-state index contributed by atoms with van der Waals surface area (Å²) in [5.74, 6) is -1.04. The Bertz CT molecular complexity index is 711. The quantitative estimate of drug-likeness (QED) is 0.933. The molecular weight excluding hydrogens is 298 g/mol. The molecule has 7 heteroatoms. The SMILES string of the molecule is O=C(O)c1ncn2c1CCN(C(=O)OCc1ccccc1)CC2. The molecule has 0 fully saturated rings. The molecule has 1 aliphatic heterocycles. The number of carbonyl (C=O) groups is 2. The van der Waals surface area contributed by atoms with Crippen LogP contribution in [0.4, 0.5) is 4.79 Å². The number of aromatic nitrogens is 2. The van der Waals surface area contributed by atoms with E-state index in [9.17, 15) is 9.59 Å². The third kappa shape index (κ3) is 3.33. The van der Waals surface area contributed by atoms with E-state index in [0.717, 1.165) is 5.56 Å². The van der Waals surface area contributed by atoms with Crippen LogP contribution in [0.5, 0.6) is 0 Å². The van der Waals surface area contributed by atoms with Crippen LogP contribution in [0.25, 0.3) is 0 Å². The van der Waals surface area contributed by atoms with Gasteiger partial charge in [0.05, 0.1) is 12.0 Å². The van der Waals surface area contributed by atoms with E-state index in [1.807, 2.05) is 30.3 Å². The van der Waals surface area contributed by atoms with Crippen LogP contribution in [0.2, 0.25) is 0 Å². The van der Waals surface area contributed by atoms with Crippen LogP contribution in [0.1, 0.15) is 21.7 Å². The van der Waals surface area contributed by atoms with Crippen LogP contribution in [0, 0.1) is 0 Å². The average molecular weight is 315 g/mol. The number of benzene rings is 1. The standard InChI is InChI=1S/C16H17N3O4/c20-15(21)14-13-6-7-18(8-9-19(13)11-17-14)16(22)23-10-12-4-2-1-3-5-12/h1-5,11H,6-10H2,(H,20,21). The summed E-state index contributed by atoms with van der Waals surface area (Å²) in [6.45, 7) is 1.62. The number of rotatable bonds is 3. The normalized spacial score (nSPS) is 14.0. The van der Waals surface area contributed by atoms with Gasteiger partial charge in [0.1, 0.15) is 6.61 Å². The number of hydrogen-bond acceptors (Lipinski definition) is 4. The first-order valence-electron chi connectivity index (χ1n) is 7.38. The van der Waals surface area contributed by atoms with Gasteiger partial charge >= 0.3 is 12.1 Å². The zero-order valence-corrected chi connectivity index (χ0v) is 12.5. The van der Waals surface area contributed by atoms with Gasteiger partial charge in [-0.2, -0.15) is 0 Å². The molecule has 7 nitrogen and oxygen atoms in total. The van der Waals surface area contributed by atoms with E-state index in [0.29, 0.717) is 31.7 Å². The van der Waals surface area contributed by atoms with E-state index in [2.05, 4.69) is 4.98 Å². The van der Waals surface area contributed by atoms with Gasteiger partial charge in [0.2, 0.25) is 0 Å². The Hall–Kier alpha value is -2.83. The first kappa shape index (κ1) is 15.1. The number of aromatic carboxylic acids is 1. The Kier molecular flexibility index (Phi) is 4.27. The number of imidazole rings is 1. The van der Waals surface area contributed by atoms with Crippen molar-refractivity contribution in [2.75, 3.05) is 13.1 Å². The summed E-state index contributed by atoms with van der Waals surface area (Å²) in [5, 5.41) is 9.13. The maximum atomic E-state index is 12.2. The van der Waals surface area contributed by atoms with Gasteiger partial charge in [-0.15, -0.1) is 0 Å². The summed E-state index contributed by atoms with van der Waals surface area (Å²) >= 11 is 0. The second-order valence-electron chi connectivity index (χ2n) is 5.32. The van der Waals surface area contributed by atoms with Gasteiger partial charge in [0, 0.05) is 26.1 Å². The van der Waals surface area contributed by atoms with E-state index in [-0.39, 0.29) is 18.4 Å². The summed E-state index contributed by atoms with van der Waals surface area (Å²) in [4.78, 5) is 28.8. The van der Waals surface area contributed by atoms with Crippen molar-refractivity contribution >= 4 is 12.1 Å². The van der Waals surface area contributed by atoms with E-state index in [4.69, 9.17) is 9.84 Å². The molecule has 1 N–H and O–H groups in total. The van der Waals surface area contributed by atoms with Crippen molar-refractivity contribution in [3.63, 3.8) is 0 Å². The molecule has 1 aromatic carbocycles. The first-order chi connectivity index (χ1) is 11.1. The Morgan fingerprint density at radius 3 is 2.70 bits per heavy atom. The predicted molar refractivity (Wildman–Crippen MR) is 81.1 cm³/mol. The molecule has 1 aliphatic rings. The Morgan fingerprint density at radius 1 is 1.17 bits per heavy atom. The van der Waals surface area contributed by atoms with Crippen LogP contribution in [-0.2, 0) is 24.3 Å². The smallest absolute Gasteiger partial charge is 0.410 e. The van der Waals surface area contributed by atoms with Crippen LogP contribution < -0.4 is 0 Å². The minimum Gasteiger partial charge on any atom is -0.476 e. The second kappa shape index (κ2) is 6.51. The predicted octanol–water partition coefficient (Wildman–Crippen LogP) is 1.78. The molecule has 0 unspecified atom stereocenters. The molecule has 0 radical (unpaired) electrons. The molecule has 0 saturated heterocycles. The lowest BCUT2D eigenvalue weighted by Crippen LogP contribution is -2.34. The molecule has 3 rings (SSSR count). The zero-order chi connectivity index (χ0) is 16.2. The summed E-state index contributed by atoms with van der Waals surface area (Å²) in [5.41, 5.74) is 1.64. The first-order valence-corrected chi connectivity index (χ1v) is 7.38. The topological polar surface area (TPSA) is 84.7 Å². The minimum atomic E-state index is -1.04. The average Bonchev–Trinajstić information content (AvgIpc) is 2.86. The van der Waals surface area contributed by atoms with E-state index in [1.165, 1.54) is 6.33 Å². The monoisotopic (exact) mass is 315 g/mol. The van der Waals surface area contributed by atoms with Crippen molar-refractivity contribution in [1.29, 1.82) is 0 Å². The van der Waals surface area contributed by atoms with E-state index < -0.39 is 5.97 Å². The van der Waals surface area contributed by atoms with Gasteiger partial charge in [-0.1, -0.05) is 30.3 Å². The van der Waals surface area contributed by atoms with Gasteiger partial charge in [-0.25, -0.2) is 14.6 Å². The van der Waals surface area contributed by atoms with Crippen molar-refractivity contribution in [3.05, 3.63) is 53.6 Å². The minimum absolute atomic E-state index is 0.0597.